The number of aryl methyl sites for hydroxylation is 1. The number of allylic oxidation sites excluding steroid dienone is 1. The van der Waals surface area contributed by atoms with Crippen LogP contribution in [0.4, 0.5) is 0 Å². The van der Waals surface area contributed by atoms with Crippen LogP contribution in [0.25, 0.3) is 0 Å². The second kappa shape index (κ2) is 13.8. The molecule has 162 valence electrons. The maximum absolute atomic E-state index is 12.0. The quantitative estimate of drug-likeness (QED) is 0.177. The van der Waals surface area contributed by atoms with E-state index < -0.39 is 52.8 Å². The van der Waals surface area contributed by atoms with Gasteiger partial charge in [0.15, 0.2) is 0 Å². The fourth-order valence-electron chi connectivity index (χ4n) is 3.22. The number of nitrogens with one attached hydrogen (secondary N) is 1. The molecule has 33 heavy (non-hydrogen) atoms. The Morgan fingerprint density at radius 2 is 1.64 bits per heavy atom. The molecule has 1 aromatic heterocycles. The van der Waals surface area contributed by atoms with Crippen molar-refractivity contribution in [3.63, 3.8) is 0 Å². The Balaban J connectivity index is 0. The summed E-state index contributed by atoms with van der Waals surface area (Å²) >= 11 is 0. The number of hydrogen-bond donors (Lipinski definition) is 1. The number of rotatable bonds is 8. The van der Waals surface area contributed by atoms with Gasteiger partial charge < -0.3 is 28.7 Å². The van der Waals surface area contributed by atoms with Gasteiger partial charge in [0.2, 0.25) is 0 Å². The van der Waals surface area contributed by atoms with E-state index >= 15 is 0 Å². The number of aromatic nitrogens is 2. The van der Waals surface area contributed by atoms with Crippen LogP contribution in [0.1, 0.15) is 18.0 Å². The smallest absolute Gasteiger partial charge is 0.790 e. The number of phosphoric ester groups is 1. The Hall–Kier alpha value is 2.83. The van der Waals surface area contributed by atoms with E-state index in [1.54, 1.807) is 12.2 Å². The van der Waals surface area contributed by atoms with E-state index in [0.29, 0.717) is 12.0 Å². The summed E-state index contributed by atoms with van der Waals surface area (Å²) in [4.78, 5) is 69.1. The summed E-state index contributed by atoms with van der Waals surface area (Å²) in [5, 5.41) is 0. The van der Waals surface area contributed by atoms with Crippen molar-refractivity contribution in [2.45, 2.75) is 19.4 Å². The molecule has 0 aromatic carbocycles. The van der Waals surface area contributed by atoms with E-state index in [-0.39, 0.29) is 124 Å². The maximum atomic E-state index is 12.0. The molecule has 21 heteroatoms. The zero-order valence-electron chi connectivity index (χ0n) is 18.5. The zero-order valence-corrected chi connectivity index (χ0v) is 29.2. The van der Waals surface area contributed by atoms with E-state index in [0.717, 1.165) is 0 Å². The van der Waals surface area contributed by atoms with Crippen molar-refractivity contribution in [3.8, 4) is 0 Å². The molecule has 0 bridgehead atoms. The maximum Gasteiger partial charge on any atom is 1.00 e. The molecule has 1 heterocycles. The molecule has 5 atom stereocenters. The van der Waals surface area contributed by atoms with Crippen molar-refractivity contribution in [2.75, 3.05) is 6.61 Å². The molecule has 0 aliphatic heterocycles. The molecular formula is C12H13N2Na4O12P3. The van der Waals surface area contributed by atoms with Crippen LogP contribution in [0, 0.1) is 18.3 Å². The molecule has 1 fully saturated rings. The van der Waals surface area contributed by atoms with Gasteiger partial charge in [0.1, 0.15) is 0 Å². The second-order valence-electron chi connectivity index (χ2n) is 6.65. The van der Waals surface area contributed by atoms with Crippen LogP contribution in [-0.2, 0) is 26.8 Å². The van der Waals surface area contributed by atoms with Crippen LogP contribution in [0.3, 0.4) is 0 Å². The van der Waals surface area contributed by atoms with Crippen molar-refractivity contribution in [1.82, 2.24) is 9.55 Å². The van der Waals surface area contributed by atoms with Gasteiger partial charge in [-0.15, -0.1) is 0 Å². The predicted octanol–water partition coefficient (Wildman–Crippen LogP) is -14.2. The molecule has 2 aliphatic rings. The first-order valence-corrected chi connectivity index (χ1v) is 12.2. The van der Waals surface area contributed by atoms with Crippen LogP contribution >= 0.6 is 23.5 Å². The fourth-order valence-corrected chi connectivity index (χ4v) is 6.15. The number of aromatic amines is 1. The van der Waals surface area contributed by atoms with Gasteiger partial charge in [0, 0.05) is 17.2 Å². The van der Waals surface area contributed by atoms with E-state index in [1.807, 2.05) is 0 Å². The van der Waals surface area contributed by atoms with Gasteiger partial charge in [-0.2, -0.15) is 0 Å². The van der Waals surface area contributed by atoms with Crippen molar-refractivity contribution < 1.29 is 165 Å². The van der Waals surface area contributed by atoms with Gasteiger partial charge in [0.05, 0.1) is 20.5 Å². The molecule has 2 aliphatic carbocycles. The predicted molar refractivity (Wildman–Crippen MR) is 85.7 cm³/mol. The summed E-state index contributed by atoms with van der Waals surface area (Å²) in [6, 6.07) is -0.491. The van der Waals surface area contributed by atoms with E-state index in [4.69, 9.17) is 0 Å². The number of fused-ring (bicyclic) bond motifs is 1. The topological polar surface area (TPSA) is 226 Å². The normalized spacial score (nSPS) is 26.2. The molecule has 1 aromatic rings. The van der Waals surface area contributed by atoms with Crippen LogP contribution < -0.4 is 149 Å². The Bertz CT molecular complexity index is 1140. The van der Waals surface area contributed by atoms with Crippen molar-refractivity contribution in [2.24, 2.45) is 11.3 Å². The standard InChI is InChI=1S/C12H17N2O12P3.4Na/c1-7-5-14(11(16)13-10(7)15)9-2-3-12(4-8(9)12)6-24-28(20,21)26-29(22,23)25-27(17,18)19;;;;/h2-3,5,8-9H,4,6H2,1H3,(H,20,21)(H,22,23)(H,13,15,16)(H2,17,18,19);;;;/q;4*+1/p-4/t8-,9+,12-;;;;/m1..../s1. The molecule has 0 radical (unpaired) electrons. The minimum absolute atomic E-state index is 0. The van der Waals surface area contributed by atoms with Gasteiger partial charge in [-0.1, -0.05) is 12.2 Å². The van der Waals surface area contributed by atoms with Crippen LogP contribution in [0.2, 0.25) is 0 Å². The monoisotopic (exact) mass is 562 g/mol. The molecular weight excluding hydrogens is 549 g/mol. The minimum atomic E-state index is -6.06. The van der Waals surface area contributed by atoms with E-state index in [1.165, 1.54) is 17.7 Å². The molecule has 14 nitrogen and oxygen atoms in total. The van der Waals surface area contributed by atoms with Gasteiger partial charge in [-0.25, -0.2) is 9.11 Å². The van der Waals surface area contributed by atoms with Crippen LogP contribution in [0.5, 0.6) is 0 Å². The Morgan fingerprint density at radius 3 is 2.15 bits per heavy atom. The summed E-state index contributed by atoms with van der Waals surface area (Å²) in [5.74, 6) is -0.274. The first kappa shape index (κ1) is 38.0. The van der Waals surface area contributed by atoms with Crippen molar-refractivity contribution >= 4 is 23.5 Å². The van der Waals surface area contributed by atoms with Gasteiger partial charge in [-0.05, 0) is 19.3 Å². The molecule has 0 amide bonds. The average Bonchev–Trinajstić information content (AvgIpc) is 3.12. The van der Waals surface area contributed by atoms with Crippen molar-refractivity contribution in [1.29, 1.82) is 0 Å². The van der Waals surface area contributed by atoms with Gasteiger partial charge >= 0.3 is 124 Å². The third-order valence-corrected chi connectivity index (χ3v) is 8.22. The minimum Gasteiger partial charge on any atom is -0.790 e. The van der Waals surface area contributed by atoms with E-state index in [9.17, 15) is 42.9 Å². The summed E-state index contributed by atoms with van der Waals surface area (Å²) in [6.07, 6.45) is 4.95. The summed E-state index contributed by atoms with van der Waals surface area (Å²) in [7, 11) is -17.7. The van der Waals surface area contributed by atoms with Crippen LogP contribution in [0.15, 0.2) is 27.9 Å². The van der Waals surface area contributed by atoms with Crippen LogP contribution in [-0.4, -0.2) is 16.2 Å². The molecule has 0 spiro atoms. The fraction of sp³-hybridized carbons (Fsp3) is 0.500. The van der Waals surface area contributed by atoms with Gasteiger partial charge in [-0.3, -0.25) is 27.8 Å². The number of hydrogen-bond acceptors (Lipinski definition) is 12. The molecule has 1 N–H and O–H groups in total. The van der Waals surface area contributed by atoms with Gasteiger partial charge in [0.25, 0.3) is 21.2 Å². The summed E-state index contributed by atoms with van der Waals surface area (Å²) in [6.45, 7) is 0.947. The average molecular weight is 562 g/mol. The first-order chi connectivity index (χ1) is 13.1. The Labute approximate surface area is 275 Å². The largest absolute Gasteiger partial charge is 1.00 e. The molecule has 1 saturated carbocycles. The summed E-state index contributed by atoms with van der Waals surface area (Å²) < 4.78 is 45.5. The first-order valence-electron chi connectivity index (χ1n) is 7.86. The van der Waals surface area contributed by atoms with E-state index in [2.05, 4.69) is 18.1 Å². The number of nitrogens with zero attached hydrogens (tertiary/aromatic N) is 1. The third kappa shape index (κ3) is 10.1. The Morgan fingerprint density at radius 1 is 1.06 bits per heavy atom. The van der Waals surface area contributed by atoms with Crippen molar-refractivity contribution in [3.05, 3.63) is 44.8 Å². The number of phosphoric acid groups is 3. The molecule has 3 rings (SSSR count). The second-order valence-corrected chi connectivity index (χ2v) is 10.9. The zero-order chi connectivity index (χ0) is 21.8. The molecule has 0 saturated heterocycles. The molecule has 2 unspecified atom stereocenters. The SMILES string of the molecule is Cc1cn([C@H]2C=C[C@]3(COP(=O)([O-])OP(=O)([O-])OP(=O)([O-])[O-])C[C@H]23)c(=O)[nH]c1=O.[Na+].[Na+].[Na+].[Na+]. The third-order valence-electron chi connectivity index (χ3n) is 4.57. The Kier molecular flexibility index (Phi) is 15.8. The summed E-state index contributed by atoms with van der Waals surface area (Å²) in [5.41, 5.74) is -1.73. The number of H-pyrrole nitrogens is 1.